The minimum absolute atomic E-state index is 0.639. The van der Waals surface area contributed by atoms with Crippen molar-refractivity contribution in [2.45, 2.75) is 213 Å². The quantitative estimate of drug-likeness (QED) is 0.0583. The molecule has 0 aromatic rings. The maximum atomic E-state index is 5.91. The maximum Gasteiger partial charge on any atom is 0.00790 e. The lowest BCUT2D eigenvalue weighted by molar-refractivity contribution is 0.425. The molecule has 2 nitrogen and oxygen atoms in total. The van der Waals surface area contributed by atoms with E-state index in [9.17, 15) is 0 Å². The van der Waals surface area contributed by atoms with E-state index in [1.807, 2.05) is 0 Å². The summed E-state index contributed by atoms with van der Waals surface area (Å²) in [5.41, 5.74) is 5.91. The third-order valence-electron chi connectivity index (χ3n) is 8.70. The normalized spacial score (nSPS) is 12.8. The van der Waals surface area contributed by atoms with Crippen molar-refractivity contribution in [1.29, 1.82) is 0 Å². The number of unbranched alkanes of at least 4 members (excludes halogenated alkanes) is 24. The summed E-state index contributed by atoms with van der Waals surface area (Å²) in [5, 5.41) is 3.83. The summed E-state index contributed by atoms with van der Waals surface area (Å²) in [6.45, 7) is 6.58. The van der Waals surface area contributed by atoms with Gasteiger partial charge in [-0.15, -0.1) is 0 Å². The van der Waals surface area contributed by atoms with Crippen LogP contribution in [0.1, 0.15) is 206 Å². The summed E-state index contributed by atoms with van der Waals surface area (Å²) in [6, 6.07) is 0.639. The topological polar surface area (TPSA) is 38.0 Å². The van der Waals surface area contributed by atoms with Gasteiger partial charge in [0.1, 0.15) is 0 Å². The van der Waals surface area contributed by atoms with Crippen molar-refractivity contribution < 1.29 is 0 Å². The van der Waals surface area contributed by atoms with Crippen LogP contribution >= 0.6 is 0 Å². The molecular formula is C39H78N2. The van der Waals surface area contributed by atoms with Crippen molar-refractivity contribution in [2.75, 3.05) is 13.1 Å². The number of nitrogens with two attached hydrogens (primary N) is 1. The molecule has 41 heavy (non-hydrogen) atoms. The lowest BCUT2D eigenvalue weighted by Crippen LogP contribution is -2.32. The monoisotopic (exact) mass is 575 g/mol. The van der Waals surface area contributed by atoms with Crippen LogP contribution in [0, 0.1) is 0 Å². The predicted molar refractivity (Wildman–Crippen MR) is 189 cm³/mol. The Balaban J connectivity index is 3.43. The van der Waals surface area contributed by atoms with Crippen LogP contribution in [0.4, 0.5) is 0 Å². The summed E-state index contributed by atoms with van der Waals surface area (Å²) in [5.74, 6) is 0. The SMILES string of the molecule is CCCCCCCC/C=C\CCCCCCCCNC(CCN)CCCCCCCC/C=C\CCCCCCCC. The maximum absolute atomic E-state index is 5.91. The van der Waals surface area contributed by atoms with Crippen LogP contribution in [0.2, 0.25) is 0 Å². The molecule has 3 N–H and O–H groups in total. The lowest BCUT2D eigenvalue weighted by Gasteiger charge is -2.18. The number of rotatable bonds is 35. The first-order chi connectivity index (χ1) is 20.3. The van der Waals surface area contributed by atoms with Gasteiger partial charge in [0, 0.05) is 6.04 Å². The molecule has 0 aliphatic carbocycles. The summed E-state index contributed by atoms with van der Waals surface area (Å²) in [4.78, 5) is 0. The van der Waals surface area contributed by atoms with Crippen molar-refractivity contribution in [2.24, 2.45) is 5.73 Å². The van der Waals surface area contributed by atoms with Gasteiger partial charge in [-0.05, 0) is 83.7 Å². The first kappa shape index (κ1) is 40.4. The number of hydrogen-bond acceptors (Lipinski definition) is 2. The Morgan fingerprint density at radius 1 is 0.415 bits per heavy atom. The van der Waals surface area contributed by atoms with Gasteiger partial charge >= 0.3 is 0 Å². The minimum atomic E-state index is 0.639. The van der Waals surface area contributed by atoms with E-state index in [1.165, 1.54) is 193 Å². The summed E-state index contributed by atoms with van der Waals surface area (Å²) < 4.78 is 0. The summed E-state index contributed by atoms with van der Waals surface area (Å²) in [6.07, 6.45) is 50.9. The molecule has 1 atom stereocenters. The Kier molecular flexibility index (Phi) is 36.9. The first-order valence-corrected chi connectivity index (χ1v) is 19.1. The molecule has 0 aromatic heterocycles. The van der Waals surface area contributed by atoms with Gasteiger partial charge in [-0.3, -0.25) is 0 Å². The Morgan fingerprint density at radius 2 is 0.756 bits per heavy atom. The second-order valence-electron chi connectivity index (χ2n) is 12.9. The van der Waals surface area contributed by atoms with E-state index < -0.39 is 0 Å². The average Bonchev–Trinajstić information content (AvgIpc) is 2.98. The van der Waals surface area contributed by atoms with Crippen LogP contribution in [-0.2, 0) is 0 Å². The molecule has 0 saturated carbocycles. The summed E-state index contributed by atoms with van der Waals surface area (Å²) >= 11 is 0. The molecule has 0 heterocycles. The summed E-state index contributed by atoms with van der Waals surface area (Å²) in [7, 11) is 0. The smallest absolute Gasteiger partial charge is 0.00790 e. The van der Waals surface area contributed by atoms with Gasteiger partial charge in [-0.2, -0.15) is 0 Å². The van der Waals surface area contributed by atoms with Crippen molar-refractivity contribution in [3.63, 3.8) is 0 Å². The van der Waals surface area contributed by atoms with Gasteiger partial charge in [0.25, 0.3) is 0 Å². The van der Waals surface area contributed by atoms with Crippen molar-refractivity contribution in [3.8, 4) is 0 Å². The molecule has 2 heteroatoms. The van der Waals surface area contributed by atoms with Crippen LogP contribution in [-0.4, -0.2) is 19.1 Å². The van der Waals surface area contributed by atoms with Crippen LogP contribution in [0.3, 0.4) is 0 Å². The van der Waals surface area contributed by atoms with Crippen LogP contribution in [0.5, 0.6) is 0 Å². The first-order valence-electron chi connectivity index (χ1n) is 19.1. The zero-order valence-electron chi connectivity index (χ0n) is 28.6. The molecule has 0 aliphatic rings. The molecule has 0 aromatic carbocycles. The Morgan fingerprint density at radius 3 is 1.15 bits per heavy atom. The van der Waals surface area contributed by atoms with Gasteiger partial charge in [-0.25, -0.2) is 0 Å². The van der Waals surface area contributed by atoms with Gasteiger partial charge in [0.2, 0.25) is 0 Å². The molecular weight excluding hydrogens is 496 g/mol. The fourth-order valence-electron chi connectivity index (χ4n) is 5.87. The third kappa shape index (κ3) is 35.5. The van der Waals surface area contributed by atoms with E-state index in [-0.39, 0.29) is 0 Å². The third-order valence-corrected chi connectivity index (χ3v) is 8.70. The molecule has 0 spiro atoms. The lowest BCUT2D eigenvalue weighted by atomic mass is 10.0. The zero-order valence-corrected chi connectivity index (χ0v) is 28.6. The molecule has 0 radical (unpaired) electrons. The number of allylic oxidation sites excluding steroid dienone is 4. The van der Waals surface area contributed by atoms with Crippen LogP contribution in [0.15, 0.2) is 24.3 Å². The van der Waals surface area contributed by atoms with Gasteiger partial charge in [-0.1, -0.05) is 160 Å². The molecule has 0 amide bonds. The Bertz CT molecular complexity index is 512. The fraction of sp³-hybridized carbons (Fsp3) is 0.897. The van der Waals surface area contributed by atoms with E-state index in [0.717, 1.165) is 13.0 Å². The molecule has 0 fully saturated rings. The Hall–Kier alpha value is -0.600. The highest BCUT2D eigenvalue weighted by Crippen LogP contribution is 2.13. The van der Waals surface area contributed by atoms with E-state index in [4.69, 9.17) is 5.73 Å². The van der Waals surface area contributed by atoms with E-state index >= 15 is 0 Å². The van der Waals surface area contributed by atoms with E-state index in [0.29, 0.717) is 6.04 Å². The van der Waals surface area contributed by atoms with E-state index in [1.54, 1.807) is 0 Å². The average molecular weight is 575 g/mol. The second kappa shape index (κ2) is 37.4. The number of hydrogen-bond donors (Lipinski definition) is 2. The van der Waals surface area contributed by atoms with E-state index in [2.05, 4.69) is 43.5 Å². The van der Waals surface area contributed by atoms with Crippen LogP contribution in [0.25, 0.3) is 0 Å². The zero-order chi connectivity index (χ0) is 29.7. The molecule has 0 rings (SSSR count). The second-order valence-corrected chi connectivity index (χ2v) is 12.9. The van der Waals surface area contributed by atoms with Gasteiger partial charge < -0.3 is 11.1 Å². The minimum Gasteiger partial charge on any atom is -0.330 e. The van der Waals surface area contributed by atoms with Crippen molar-refractivity contribution in [3.05, 3.63) is 24.3 Å². The molecule has 0 bridgehead atoms. The standard InChI is InChI=1S/C39H78N2/c1-3-5-7-9-11-13-15-17-19-21-23-25-27-29-31-33-35-39(36-37-40)41-38-34-32-30-28-26-24-22-20-18-16-14-12-10-8-6-4-2/h17-20,39,41H,3-16,21-38,40H2,1-2H3/b19-17-,20-18-. The highest BCUT2D eigenvalue weighted by atomic mass is 14.9. The highest BCUT2D eigenvalue weighted by molar-refractivity contribution is 4.82. The Labute approximate surface area is 260 Å². The molecule has 1 unspecified atom stereocenters. The number of nitrogens with one attached hydrogen (secondary N) is 1. The molecule has 0 saturated heterocycles. The van der Waals surface area contributed by atoms with Crippen molar-refractivity contribution >= 4 is 0 Å². The highest BCUT2D eigenvalue weighted by Gasteiger charge is 2.06. The van der Waals surface area contributed by atoms with Crippen LogP contribution < -0.4 is 11.1 Å². The predicted octanol–water partition coefficient (Wildman–Crippen LogP) is 12.8. The van der Waals surface area contributed by atoms with Gasteiger partial charge in [0.05, 0.1) is 0 Å². The largest absolute Gasteiger partial charge is 0.330 e. The molecule has 244 valence electrons. The van der Waals surface area contributed by atoms with Crippen molar-refractivity contribution in [1.82, 2.24) is 5.32 Å². The molecule has 0 aliphatic heterocycles. The van der Waals surface area contributed by atoms with Gasteiger partial charge in [0.15, 0.2) is 0 Å². The fourth-order valence-corrected chi connectivity index (χ4v) is 5.87.